The lowest BCUT2D eigenvalue weighted by Gasteiger charge is -2.05. The first-order valence-electron chi connectivity index (χ1n) is 8.06. The van der Waals surface area contributed by atoms with Crippen molar-refractivity contribution in [3.63, 3.8) is 0 Å². The maximum absolute atomic E-state index is 12.5. The SMILES string of the molecule is COc1cc2cc(C(=O)Oc3cc4[nH]c(C(=O)O)cc4cc3O)[nH]c2cc1O. The third-order valence-corrected chi connectivity index (χ3v) is 4.27. The first-order chi connectivity index (χ1) is 13.4. The molecule has 4 rings (SSSR count). The van der Waals surface area contributed by atoms with Gasteiger partial charge in [-0.1, -0.05) is 0 Å². The molecule has 9 heteroatoms. The number of aromatic carboxylic acids is 1. The van der Waals surface area contributed by atoms with E-state index in [0.29, 0.717) is 21.8 Å². The maximum atomic E-state index is 12.5. The fraction of sp³-hybridized carbons (Fsp3) is 0.0526. The molecule has 0 fully saturated rings. The number of carbonyl (C=O) groups is 2. The van der Waals surface area contributed by atoms with Gasteiger partial charge in [0.2, 0.25) is 0 Å². The summed E-state index contributed by atoms with van der Waals surface area (Å²) in [4.78, 5) is 29.0. The van der Waals surface area contributed by atoms with E-state index >= 15 is 0 Å². The van der Waals surface area contributed by atoms with Crippen molar-refractivity contribution >= 4 is 33.7 Å². The molecule has 0 aliphatic carbocycles. The van der Waals surface area contributed by atoms with Crippen molar-refractivity contribution in [1.29, 1.82) is 0 Å². The number of hydrogen-bond acceptors (Lipinski definition) is 6. The fourth-order valence-corrected chi connectivity index (χ4v) is 2.92. The molecule has 0 radical (unpaired) electrons. The monoisotopic (exact) mass is 382 g/mol. The van der Waals surface area contributed by atoms with Gasteiger partial charge < -0.3 is 34.8 Å². The van der Waals surface area contributed by atoms with Crippen molar-refractivity contribution < 1.29 is 34.4 Å². The zero-order valence-electron chi connectivity index (χ0n) is 14.4. The van der Waals surface area contributed by atoms with Gasteiger partial charge in [0.05, 0.1) is 18.1 Å². The van der Waals surface area contributed by atoms with E-state index in [1.54, 1.807) is 6.07 Å². The zero-order chi connectivity index (χ0) is 20.0. The molecule has 5 N–H and O–H groups in total. The molecule has 0 saturated carbocycles. The van der Waals surface area contributed by atoms with Gasteiger partial charge in [0, 0.05) is 22.9 Å². The van der Waals surface area contributed by atoms with Gasteiger partial charge >= 0.3 is 11.9 Å². The third kappa shape index (κ3) is 2.84. The number of aromatic amines is 2. The number of aromatic nitrogens is 2. The molecule has 0 amide bonds. The Kier molecular flexibility index (Phi) is 3.85. The summed E-state index contributed by atoms with van der Waals surface area (Å²) in [5.41, 5.74) is 0.937. The molecule has 0 spiro atoms. The number of esters is 1. The van der Waals surface area contributed by atoms with Crippen LogP contribution < -0.4 is 9.47 Å². The molecule has 4 aromatic rings. The van der Waals surface area contributed by atoms with E-state index in [0.717, 1.165) is 0 Å². The fourth-order valence-electron chi connectivity index (χ4n) is 2.92. The summed E-state index contributed by atoms with van der Waals surface area (Å²) in [5, 5.41) is 30.0. The number of hydrogen-bond donors (Lipinski definition) is 5. The highest BCUT2D eigenvalue weighted by Crippen LogP contribution is 2.34. The minimum absolute atomic E-state index is 0.0535. The predicted octanol–water partition coefficient (Wildman–Crippen LogP) is 2.99. The number of benzene rings is 2. The van der Waals surface area contributed by atoms with E-state index in [1.165, 1.54) is 37.4 Å². The number of rotatable bonds is 4. The lowest BCUT2D eigenvalue weighted by atomic mass is 10.2. The van der Waals surface area contributed by atoms with Crippen LogP contribution in [0.2, 0.25) is 0 Å². The molecule has 9 nitrogen and oxygen atoms in total. The van der Waals surface area contributed by atoms with Gasteiger partial charge in [0.25, 0.3) is 0 Å². The van der Waals surface area contributed by atoms with Gasteiger partial charge in [-0.05, 0) is 24.3 Å². The van der Waals surface area contributed by atoms with Crippen LogP contribution in [0.25, 0.3) is 21.8 Å². The van der Waals surface area contributed by atoms with Crippen LogP contribution in [0, 0.1) is 0 Å². The van der Waals surface area contributed by atoms with Crippen molar-refractivity contribution in [1.82, 2.24) is 9.97 Å². The largest absolute Gasteiger partial charge is 0.504 e. The molecule has 0 saturated heterocycles. The summed E-state index contributed by atoms with van der Waals surface area (Å²) in [5.74, 6) is -2.18. The third-order valence-electron chi connectivity index (χ3n) is 4.27. The lowest BCUT2D eigenvalue weighted by Crippen LogP contribution is -2.08. The molecule has 0 aliphatic rings. The number of fused-ring (bicyclic) bond motifs is 2. The number of phenols is 2. The lowest BCUT2D eigenvalue weighted by molar-refractivity contribution is 0.0688. The van der Waals surface area contributed by atoms with E-state index in [2.05, 4.69) is 9.97 Å². The van der Waals surface area contributed by atoms with Gasteiger partial charge in [0.15, 0.2) is 23.0 Å². The minimum atomic E-state index is -1.15. The van der Waals surface area contributed by atoms with Crippen LogP contribution in [0.4, 0.5) is 0 Å². The predicted molar refractivity (Wildman–Crippen MR) is 98.4 cm³/mol. The van der Waals surface area contributed by atoms with Gasteiger partial charge in [-0.2, -0.15) is 0 Å². The van der Waals surface area contributed by atoms with Crippen molar-refractivity contribution in [2.24, 2.45) is 0 Å². The summed E-state index contributed by atoms with van der Waals surface area (Å²) >= 11 is 0. The van der Waals surface area contributed by atoms with Gasteiger partial charge in [-0.25, -0.2) is 9.59 Å². The van der Waals surface area contributed by atoms with Crippen LogP contribution in [0.15, 0.2) is 36.4 Å². The quantitative estimate of drug-likeness (QED) is 0.269. The highest BCUT2D eigenvalue weighted by atomic mass is 16.5. The number of nitrogens with one attached hydrogen (secondary N) is 2. The van der Waals surface area contributed by atoms with Gasteiger partial charge in [-0.3, -0.25) is 0 Å². The Morgan fingerprint density at radius 1 is 0.821 bits per heavy atom. The second-order valence-electron chi connectivity index (χ2n) is 6.08. The molecule has 0 aliphatic heterocycles. The van der Waals surface area contributed by atoms with Crippen molar-refractivity contribution in [3.05, 3.63) is 47.8 Å². The molecule has 2 aromatic heterocycles. The van der Waals surface area contributed by atoms with Crippen molar-refractivity contribution in [2.45, 2.75) is 0 Å². The zero-order valence-corrected chi connectivity index (χ0v) is 14.4. The van der Waals surface area contributed by atoms with Crippen molar-refractivity contribution in [3.8, 4) is 23.0 Å². The second kappa shape index (κ2) is 6.23. The van der Waals surface area contributed by atoms with Gasteiger partial charge in [-0.15, -0.1) is 0 Å². The summed E-state index contributed by atoms with van der Waals surface area (Å²) in [6, 6.07) is 8.50. The van der Waals surface area contributed by atoms with E-state index in [-0.39, 0.29) is 34.4 Å². The smallest absolute Gasteiger partial charge is 0.360 e. The molecular formula is C19H14N2O7. The normalized spacial score (nSPS) is 11.0. The van der Waals surface area contributed by atoms with Crippen LogP contribution in [-0.2, 0) is 0 Å². The first kappa shape index (κ1) is 17.3. The Labute approximate surface area is 156 Å². The number of methoxy groups -OCH3 is 1. The number of aromatic hydroxyl groups is 2. The average Bonchev–Trinajstić information content (AvgIpc) is 3.24. The topological polar surface area (TPSA) is 145 Å². The second-order valence-corrected chi connectivity index (χ2v) is 6.08. The van der Waals surface area contributed by atoms with E-state index in [1.807, 2.05) is 0 Å². The number of ether oxygens (including phenoxy) is 2. The molecule has 2 aromatic carbocycles. The molecule has 142 valence electrons. The highest BCUT2D eigenvalue weighted by molar-refractivity contribution is 5.98. The van der Waals surface area contributed by atoms with Crippen LogP contribution >= 0.6 is 0 Å². The Morgan fingerprint density at radius 2 is 1.43 bits per heavy atom. The summed E-state index contributed by atoms with van der Waals surface area (Å²) < 4.78 is 10.3. The van der Waals surface area contributed by atoms with Crippen LogP contribution in [0.3, 0.4) is 0 Å². The maximum Gasteiger partial charge on any atom is 0.360 e. The Balaban J connectivity index is 1.66. The molecule has 0 unspecified atom stereocenters. The van der Waals surface area contributed by atoms with Crippen LogP contribution in [0.1, 0.15) is 21.0 Å². The molecule has 0 atom stereocenters. The van der Waals surface area contributed by atoms with Gasteiger partial charge in [0.1, 0.15) is 11.4 Å². The summed E-state index contributed by atoms with van der Waals surface area (Å²) in [6.45, 7) is 0. The van der Waals surface area contributed by atoms with E-state index in [9.17, 15) is 19.8 Å². The number of carboxylic acid groups (broad SMARTS) is 1. The van der Waals surface area contributed by atoms with E-state index in [4.69, 9.17) is 14.6 Å². The number of phenolic OH excluding ortho intramolecular Hbond substituents is 2. The summed E-state index contributed by atoms with van der Waals surface area (Å²) in [7, 11) is 1.41. The van der Waals surface area contributed by atoms with Crippen LogP contribution in [0.5, 0.6) is 23.0 Å². The van der Waals surface area contributed by atoms with E-state index < -0.39 is 11.9 Å². The summed E-state index contributed by atoms with van der Waals surface area (Å²) in [6.07, 6.45) is 0. The molecular weight excluding hydrogens is 368 g/mol. The molecule has 2 heterocycles. The molecule has 28 heavy (non-hydrogen) atoms. The molecule has 0 bridgehead atoms. The minimum Gasteiger partial charge on any atom is -0.504 e. The average molecular weight is 382 g/mol. The Bertz CT molecular complexity index is 1250. The Morgan fingerprint density at radius 3 is 2.14 bits per heavy atom. The number of carboxylic acids is 1. The standard InChI is InChI=1S/C19H14N2O7/c1-27-16-5-9-3-13(21-10(9)6-15(16)23)19(26)28-17-7-11-8(4-14(17)22)2-12(20-11)18(24)25/h2-7,20-23H,1H3,(H,24,25). The number of carbonyl (C=O) groups excluding carboxylic acids is 1. The highest BCUT2D eigenvalue weighted by Gasteiger charge is 2.17. The van der Waals surface area contributed by atoms with Crippen LogP contribution in [-0.4, -0.2) is 44.3 Å². The van der Waals surface area contributed by atoms with Crippen molar-refractivity contribution in [2.75, 3.05) is 7.11 Å². The first-order valence-corrected chi connectivity index (χ1v) is 8.06. The number of H-pyrrole nitrogens is 2. The Hall–Kier alpha value is -4.14.